The second-order valence-electron chi connectivity index (χ2n) is 26.5. The molecular weight excluding hydrogens is 1070 g/mol. The van der Waals surface area contributed by atoms with Gasteiger partial charge in [0.1, 0.15) is 6.61 Å². The van der Waals surface area contributed by atoms with Crippen LogP contribution in [0, 0.1) is 17.8 Å². The Hall–Kier alpha value is -0.850. The molecule has 1 aliphatic heterocycles. The summed E-state index contributed by atoms with van der Waals surface area (Å²) in [5.74, 6) is 2.52. The van der Waals surface area contributed by atoms with Gasteiger partial charge in [0, 0.05) is 72.4 Å². The summed E-state index contributed by atoms with van der Waals surface area (Å²) in [6.07, 6.45) is 64.9. The molecule has 0 aromatic rings. The van der Waals surface area contributed by atoms with Gasteiger partial charge in [0.15, 0.2) is 6.29 Å². The van der Waals surface area contributed by atoms with Crippen LogP contribution in [0.3, 0.4) is 0 Å². The standard InChI is InChI=1S/C32H63NO5.2C22H46O2/c1-5-7-14-18-29(19-15-8-6-2)23-27-35-25-16-12-10-9-11-13-17-26-36-32-21-20-30(38-32)28-37-31(34)22-24-33(3)4;2*1-3-5-12-16-22(17-13-6-4-2)18-21-24-20-15-11-9-7-8-10-14-19-23/h29-30,32H,5-28H2,1-4H3;2*22-23H,3-21H2,1-2H3/t30-,32+;;/m0../s1. The number of aliphatic hydroxyl groups excluding tert-OH is 2. The van der Waals surface area contributed by atoms with E-state index >= 15 is 0 Å². The van der Waals surface area contributed by atoms with Crippen LogP contribution >= 0.6 is 0 Å². The van der Waals surface area contributed by atoms with Gasteiger partial charge < -0.3 is 43.5 Å². The Bertz CT molecular complexity index is 1170. The summed E-state index contributed by atoms with van der Waals surface area (Å²) in [4.78, 5) is 13.7. The third kappa shape index (κ3) is 69.0. The van der Waals surface area contributed by atoms with Crippen LogP contribution in [0.25, 0.3) is 0 Å². The van der Waals surface area contributed by atoms with Gasteiger partial charge in [-0.05, 0) is 96.1 Å². The summed E-state index contributed by atoms with van der Waals surface area (Å²) in [5.41, 5.74) is 0. The normalized spacial score (nSPS) is 14.2. The molecular formula is C76H155NO9. The van der Waals surface area contributed by atoms with E-state index < -0.39 is 0 Å². The molecule has 0 aromatic carbocycles. The Morgan fingerprint density at radius 2 is 0.686 bits per heavy atom. The van der Waals surface area contributed by atoms with Crippen LogP contribution in [0.1, 0.15) is 369 Å². The summed E-state index contributed by atoms with van der Waals surface area (Å²) < 4.78 is 34.9. The Morgan fingerprint density at radius 3 is 0.988 bits per heavy atom. The average Bonchev–Trinajstić information content (AvgIpc) is 4.12. The number of aliphatic hydroxyl groups is 2. The number of nitrogens with zero attached hydrogens (tertiary/aromatic N) is 1. The zero-order chi connectivity index (χ0) is 63.1. The summed E-state index contributed by atoms with van der Waals surface area (Å²) in [6.45, 7) is 22.0. The first-order valence-electron chi connectivity index (χ1n) is 38.3. The number of unbranched alkanes of at least 4 members (excludes halogenated alkanes) is 30. The van der Waals surface area contributed by atoms with Crippen molar-refractivity contribution in [2.24, 2.45) is 17.8 Å². The van der Waals surface area contributed by atoms with E-state index in [0.717, 1.165) is 96.1 Å². The number of carbonyl (C=O) groups excluding carboxylic acids is 1. The van der Waals surface area contributed by atoms with Crippen molar-refractivity contribution in [2.75, 3.05) is 86.7 Å². The molecule has 0 unspecified atom stereocenters. The number of ether oxygens (including phenoxy) is 6. The molecule has 86 heavy (non-hydrogen) atoms. The van der Waals surface area contributed by atoms with Crippen LogP contribution in [0.5, 0.6) is 0 Å². The molecule has 1 heterocycles. The molecule has 0 amide bonds. The Morgan fingerprint density at radius 1 is 0.384 bits per heavy atom. The predicted molar refractivity (Wildman–Crippen MR) is 371 cm³/mol. The lowest BCUT2D eigenvalue weighted by molar-refractivity contribution is -0.160. The average molecular weight is 1230 g/mol. The molecule has 1 fully saturated rings. The first-order valence-corrected chi connectivity index (χ1v) is 38.3. The van der Waals surface area contributed by atoms with Gasteiger partial charge in [-0.2, -0.15) is 0 Å². The van der Waals surface area contributed by atoms with Crippen molar-refractivity contribution < 1.29 is 43.4 Å². The first kappa shape index (κ1) is 87.2. The molecule has 2 atom stereocenters. The van der Waals surface area contributed by atoms with Crippen molar-refractivity contribution in [2.45, 2.75) is 381 Å². The highest BCUT2D eigenvalue weighted by molar-refractivity contribution is 5.69. The third-order valence-corrected chi connectivity index (χ3v) is 17.7. The monoisotopic (exact) mass is 1230 g/mol. The van der Waals surface area contributed by atoms with E-state index in [1.807, 2.05) is 19.0 Å². The molecule has 0 aromatic heterocycles. The SMILES string of the molecule is CCCCCC(CCCCC)CCOCCCCCCCCCO.CCCCCC(CCCCC)CCOCCCCCCCCCO.CCCCCC(CCCCC)CCOCCCCCCCCCO[C@H]1CC[C@@H](COC(=O)CCN(C)C)O1. The highest BCUT2D eigenvalue weighted by atomic mass is 16.7. The highest BCUT2D eigenvalue weighted by Gasteiger charge is 2.27. The number of hydrogen-bond donors (Lipinski definition) is 2. The van der Waals surface area contributed by atoms with Crippen molar-refractivity contribution in [1.29, 1.82) is 0 Å². The van der Waals surface area contributed by atoms with Gasteiger partial charge in [-0.3, -0.25) is 4.79 Å². The van der Waals surface area contributed by atoms with Crippen LogP contribution < -0.4 is 0 Å². The summed E-state index contributed by atoms with van der Waals surface area (Å²) >= 11 is 0. The van der Waals surface area contributed by atoms with E-state index in [9.17, 15) is 4.79 Å². The Balaban J connectivity index is 0. The van der Waals surface area contributed by atoms with Gasteiger partial charge in [0.2, 0.25) is 0 Å². The maximum atomic E-state index is 11.7. The smallest absolute Gasteiger partial charge is 0.307 e. The maximum absolute atomic E-state index is 11.7. The van der Waals surface area contributed by atoms with Crippen LogP contribution in [-0.4, -0.2) is 120 Å². The molecule has 0 saturated carbocycles. The number of hydrogen-bond acceptors (Lipinski definition) is 10. The fourth-order valence-electron chi connectivity index (χ4n) is 11.7. The highest BCUT2D eigenvalue weighted by Crippen LogP contribution is 2.25. The maximum Gasteiger partial charge on any atom is 0.307 e. The van der Waals surface area contributed by atoms with Crippen LogP contribution in [0.15, 0.2) is 0 Å². The fourth-order valence-corrected chi connectivity index (χ4v) is 11.7. The topological polar surface area (TPSA) is 116 Å². The molecule has 0 bridgehead atoms. The van der Waals surface area contributed by atoms with Crippen LogP contribution in [0.2, 0.25) is 0 Å². The van der Waals surface area contributed by atoms with Crippen molar-refractivity contribution in [3.05, 3.63) is 0 Å². The zero-order valence-electron chi connectivity index (χ0n) is 59.4. The molecule has 10 nitrogen and oxygen atoms in total. The largest absolute Gasteiger partial charge is 0.463 e. The number of esters is 1. The molecule has 0 spiro atoms. The number of rotatable bonds is 67. The van der Waals surface area contributed by atoms with Gasteiger partial charge in [-0.15, -0.1) is 0 Å². The van der Waals surface area contributed by atoms with E-state index in [2.05, 4.69) is 41.5 Å². The summed E-state index contributed by atoms with van der Waals surface area (Å²) in [6, 6.07) is 0. The lowest BCUT2D eigenvalue weighted by atomic mass is 9.92. The summed E-state index contributed by atoms with van der Waals surface area (Å²) in [7, 11) is 3.90. The third-order valence-electron chi connectivity index (χ3n) is 17.7. The molecule has 1 saturated heterocycles. The van der Waals surface area contributed by atoms with Gasteiger partial charge in [-0.25, -0.2) is 0 Å². The van der Waals surface area contributed by atoms with E-state index in [4.69, 9.17) is 38.6 Å². The predicted octanol–water partition coefficient (Wildman–Crippen LogP) is 21.7. The van der Waals surface area contributed by atoms with Crippen LogP contribution in [0.4, 0.5) is 0 Å². The van der Waals surface area contributed by atoms with Crippen LogP contribution in [-0.2, 0) is 33.2 Å². The molecule has 0 radical (unpaired) electrons. The van der Waals surface area contributed by atoms with Crippen molar-refractivity contribution in [1.82, 2.24) is 4.90 Å². The van der Waals surface area contributed by atoms with Gasteiger partial charge in [-0.1, -0.05) is 292 Å². The Labute approximate surface area is 537 Å². The van der Waals surface area contributed by atoms with Gasteiger partial charge in [0.05, 0.1) is 12.5 Å². The molecule has 1 aliphatic rings. The quantitative estimate of drug-likeness (QED) is 0.0450. The zero-order valence-corrected chi connectivity index (χ0v) is 59.4. The van der Waals surface area contributed by atoms with Gasteiger partial charge in [0.25, 0.3) is 0 Å². The van der Waals surface area contributed by atoms with Crippen molar-refractivity contribution in [3.8, 4) is 0 Å². The molecule has 0 aliphatic carbocycles. The van der Waals surface area contributed by atoms with E-state index in [1.54, 1.807) is 0 Å². The van der Waals surface area contributed by atoms with E-state index in [1.165, 1.54) is 289 Å². The molecule has 518 valence electrons. The molecule has 10 heteroatoms. The minimum atomic E-state index is -0.154. The molecule has 1 rings (SSSR count). The van der Waals surface area contributed by atoms with E-state index in [-0.39, 0.29) is 18.4 Å². The fraction of sp³-hybridized carbons (Fsp3) is 0.987. The first-order chi connectivity index (χ1) is 42.2. The Kier molecular flexibility index (Phi) is 75.9. The van der Waals surface area contributed by atoms with Crippen molar-refractivity contribution >= 4 is 5.97 Å². The van der Waals surface area contributed by atoms with E-state index in [0.29, 0.717) is 32.8 Å². The van der Waals surface area contributed by atoms with Gasteiger partial charge >= 0.3 is 5.97 Å². The minimum Gasteiger partial charge on any atom is -0.463 e. The number of carbonyl (C=O) groups is 1. The second kappa shape index (κ2) is 74.9. The summed E-state index contributed by atoms with van der Waals surface area (Å²) in [5, 5.41) is 17.5. The lowest BCUT2D eigenvalue weighted by Crippen LogP contribution is -2.23. The minimum absolute atomic E-state index is 0.0229. The second-order valence-corrected chi connectivity index (χ2v) is 26.5. The lowest BCUT2D eigenvalue weighted by Gasteiger charge is -2.17. The molecule has 2 N–H and O–H groups in total. The van der Waals surface area contributed by atoms with Crippen molar-refractivity contribution in [3.63, 3.8) is 0 Å².